The van der Waals surface area contributed by atoms with E-state index in [0.717, 1.165) is 12.8 Å². The molecular weight excluding hydrogens is 136 g/mol. The van der Waals surface area contributed by atoms with Crippen molar-refractivity contribution in [3.63, 3.8) is 0 Å². The molecule has 1 heteroatoms. The van der Waals surface area contributed by atoms with Crippen LogP contribution in [-0.4, -0.2) is 5.78 Å². The van der Waals surface area contributed by atoms with Gasteiger partial charge in [-0.2, -0.15) is 0 Å². The molecule has 0 aliphatic heterocycles. The lowest BCUT2D eigenvalue weighted by molar-refractivity contribution is -0.113. The monoisotopic (exact) mass is 150 g/mol. The zero-order chi connectivity index (χ0) is 8.10. The van der Waals surface area contributed by atoms with Gasteiger partial charge in [0, 0.05) is 6.42 Å². The Balaban J connectivity index is 2.58. The van der Waals surface area contributed by atoms with Crippen LogP contribution in [0, 0.1) is 5.92 Å². The van der Waals surface area contributed by atoms with Crippen molar-refractivity contribution < 1.29 is 4.79 Å². The van der Waals surface area contributed by atoms with Crippen molar-refractivity contribution in [1.29, 1.82) is 0 Å². The molecule has 1 aliphatic carbocycles. The van der Waals surface area contributed by atoms with E-state index in [0.29, 0.717) is 12.3 Å². The average molecular weight is 150 g/mol. The van der Waals surface area contributed by atoms with Crippen molar-refractivity contribution in [3.8, 4) is 0 Å². The molecule has 1 nitrogen and oxygen atoms in total. The van der Waals surface area contributed by atoms with E-state index in [1.54, 1.807) is 6.08 Å². The fourth-order valence-electron chi connectivity index (χ4n) is 1.16. The maximum absolute atomic E-state index is 11.0. The number of hydrogen-bond acceptors (Lipinski definition) is 1. The molecule has 0 spiro atoms. The van der Waals surface area contributed by atoms with Crippen molar-refractivity contribution >= 4 is 5.78 Å². The van der Waals surface area contributed by atoms with Gasteiger partial charge >= 0.3 is 0 Å². The van der Waals surface area contributed by atoms with Crippen LogP contribution in [-0.2, 0) is 4.79 Å². The Bertz CT molecular complexity index is 189. The number of allylic oxidation sites excluding steroid dienone is 4. The molecule has 0 saturated carbocycles. The number of rotatable bonds is 1. The van der Waals surface area contributed by atoms with Gasteiger partial charge in [0.25, 0.3) is 0 Å². The lowest BCUT2D eigenvalue weighted by Gasteiger charge is -2.07. The van der Waals surface area contributed by atoms with E-state index in [4.69, 9.17) is 0 Å². The van der Waals surface area contributed by atoms with Crippen molar-refractivity contribution in [3.05, 3.63) is 24.3 Å². The summed E-state index contributed by atoms with van der Waals surface area (Å²) in [5.41, 5.74) is 0. The van der Waals surface area contributed by atoms with Crippen LogP contribution in [0.1, 0.15) is 26.2 Å². The molecular formula is C10H14O. The van der Waals surface area contributed by atoms with Gasteiger partial charge in [0.1, 0.15) is 0 Å². The third kappa shape index (κ3) is 2.71. The Hall–Kier alpha value is -0.850. The van der Waals surface area contributed by atoms with Gasteiger partial charge in [0.15, 0.2) is 5.78 Å². The lowest BCUT2D eigenvalue weighted by Crippen LogP contribution is -1.98. The standard InChI is InChI=1S/C10H14O/c1-2-9-5-3-4-6-10(11)8-7-9/h3-4,7-9H,2,5-6H2,1H3/t9-/m1/s1. The molecule has 1 atom stereocenters. The van der Waals surface area contributed by atoms with Crippen LogP contribution < -0.4 is 0 Å². The Morgan fingerprint density at radius 1 is 1.55 bits per heavy atom. The largest absolute Gasteiger partial charge is 0.295 e. The van der Waals surface area contributed by atoms with Crippen LogP contribution in [0.4, 0.5) is 0 Å². The highest BCUT2D eigenvalue weighted by molar-refractivity contribution is 5.90. The second kappa shape index (κ2) is 4.12. The zero-order valence-corrected chi connectivity index (χ0v) is 6.92. The minimum atomic E-state index is 0.222. The summed E-state index contributed by atoms with van der Waals surface area (Å²) in [5.74, 6) is 0.787. The van der Waals surface area contributed by atoms with Crippen molar-refractivity contribution in [2.45, 2.75) is 26.2 Å². The maximum atomic E-state index is 11.0. The third-order valence-electron chi connectivity index (χ3n) is 2.00. The second-order valence-corrected chi connectivity index (χ2v) is 2.90. The van der Waals surface area contributed by atoms with E-state index >= 15 is 0 Å². The van der Waals surface area contributed by atoms with E-state index in [1.807, 2.05) is 12.2 Å². The quantitative estimate of drug-likeness (QED) is 0.525. The van der Waals surface area contributed by atoms with Crippen LogP contribution in [0.25, 0.3) is 0 Å². The summed E-state index contributed by atoms with van der Waals surface area (Å²) in [5, 5.41) is 0. The highest BCUT2D eigenvalue weighted by Gasteiger charge is 2.02. The molecule has 11 heavy (non-hydrogen) atoms. The first kappa shape index (κ1) is 8.25. The summed E-state index contributed by atoms with van der Waals surface area (Å²) in [4.78, 5) is 11.0. The van der Waals surface area contributed by atoms with Gasteiger partial charge in [-0.3, -0.25) is 4.79 Å². The summed E-state index contributed by atoms with van der Waals surface area (Å²) in [6, 6.07) is 0. The summed E-state index contributed by atoms with van der Waals surface area (Å²) in [6.45, 7) is 2.15. The normalized spacial score (nSPS) is 24.8. The zero-order valence-electron chi connectivity index (χ0n) is 6.92. The van der Waals surface area contributed by atoms with E-state index < -0.39 is 0 Å². The van der Waals surface area contributed by atoms with Crippen molar-refractivity contribution in [2.75, 3.05) is 0 Å². The van der Waals surface area contributed by atoms with Crippen LogP contribution in [0.15, 0.2) is 24.3 Å². The van der Waals surface area contributed by atoms with E-state index in [1.165, 1.54) is 0 Å². The summed E-state index contributed by atoms with van der Waals surface area (Å²) < 4.78 is 0. The minimum absolute atomic E-state index is 0.222. The molecule has 0 fully saturated rings. The molecule has 1 aliphatic rings. The fraction of sp³-hybridized carbons (Fsp3) is 0.500. The van der Waals surface area contributed by atoms with Gasteiger partial charge in [-0.05, 0) is 24.8 Å². The van der Waals surface area contributed by atoms with E-state index in [2.05, 4.69) is 13.0 Å². The molecule has 0 radical (unpaired) electrons. The SMILES string of the molecule is CC[C@H]1C=CC(=O)CC=CC1. The molecule has 0 heterocycles. The first-order valence-electron chi connectivity index (χ1n) is 4.19. The Kier molecular flexibility index (Phi) is 3.09. The number of carbonyl (C=O) groups is 1. The molecule has 0 aromatic rings. The summed E-state index contributed by atoms with van der Waals surface area (Å²) in [6.07, 6.45) is 10.6. The van der Waals surface area contributed by atoms with Gasteiger partial charge < -0.3 is 0 Å². The fourth-order valence-corrected chi connectivity index (χ4v) is 1.16. The van der Waals surface area contributed by atoms with Gasteiger partial charge in [0.05, 0.1) is 0 Å². The maximum Gasteiger partial charge on any atom is 0.159 e. The highest BCUT2D eigenvalue weighted by atomic mass is 16.1. The molecule has 0 amide bonds. The first-order valence-corrected chi connectivity index (χ1v) is 4.19. The van der Waals surface area contributed by atoms with Crippen LogP contribution in [0.5, 0.6) is 0 Å². The van der Waals surface area contributed by atoms with Crippen molar-refractivity contribution in [1.82, 2.24) is 0 Å². The molecule has 0 N–H and O–H groups in total. The summed E-state index contributed by atoms with van der Waals surface area (Å²) in [7, 11) is 0. The van der Waals surface area contributed by atoms with Gasteiger partial charge in [-0.15, -0.1) is 0 Å². The predicted octanol–water partition coefficient (Wildman–Crippen LogP) is 2.49. The van der Waals surface area contributed by atoms with E-state index in [9.17, 15) is 4.79 Å². The number of carbonyl (C=O) groups excluding carboxylic acids is 1. The van der Waals surface area contributed by atoms with Crippen molar-refractivity contribution in [2.24, 2.45) is 5.92 Å². The Labute approximate surface area is 67.8 Å². The van der Waals surface area contributed by atoms with Gasteiger partial charge in [-0.25, -0.2) is 0 Å². The van der Waals surface area contributed by atoms with Gasteiger partial charge in [-0.1, -0.05) is 25.2 Å². The number of ketones is 1. The summed E-state index contributed by atoms with van der Waals surface area (Å²) >= 11 is 0. The Morgan fingerprint density at radius 3 is 3.09 bits per heavy atom. The van der Waals surface area contributed by atoms with Crippen LogP contribution in [0.3, 0.4) is 0 Å². The molecule has 0 unspecified atom stereocenters. The number of hydrogen-bond donors (Lipinski definition) is 0. The third-order valence-corrected chi connectivity index (χ3v) is 2.00. The average Bonchev–Trinajstić information content (AvgIpc) is 1.98. The Morgan fingerprint density at radius 2 is 2.36 bits per heavy atom. The lowest BCUT2D eigenvalue weighted by atomic mass is 9.98. The minimum Gasteiger partial charge on any atom is -0.295 e. The smallest absolute Gasteiger partial charge is 0.159 e. The van der Waals surface area contributed by atoms with Crippen LogP contribution in [0.2, 0.25) is 0 Å². The molecule has 0 aromatic carbocycles. The molecule has 0 bridgehead atoms. The van der Waals surface area contributed by atoms with E-state index in [-0.39, 0.29) is 5.78 Å². The topological polar surface area (TPSA) is 17.1 Å². The first-order chi connectivity index (χ1) is 5.33. The molecule has 60 valence electrons. The van der Waals surface area contributed by atoms with Gasteiger partial charge in [0.2, 0.25) is 0 Å². The second-order valence-electron chi connectivity index (χ2n) is 2.90. The predicted molar refractivity (Wildman–Crippen MR) is 46.3 cm³/mol. The molecule has 0 saturated heterocycles. The van der Waals surface area contributed by atoms with Crippen LogP contribution >= 0.6 is 0 Å². The molecule has 0 aromatic heterocycles. The highest BCUT2D eigenvalue weighted by Crippen LogP contribution is 2.13. The molecule has 1 rings (SSSR count).